The molecule has 1 amide bonds. The smallest absolute Gasteiger partial charge is 0.286 e. The number of benzene rings is 1. The van der Waals surface area contributed by atoms with Crippen LogP contribution in [0, 0.1) is 0 Å². The van der Waals surface area contributed by atoms with Crippen LogP contribution in [0.3, 0.4) is 0 Å². The Morgan fingerprint density at radius 2 is 1.50 bits per heavy atom. The van der Waals surface area contributed by atoms with Crippen LogP contribution in [0.15, 0.2) is 22.0 Å². The van der Waals surface area contributed by atoms with Crippen LogP contribution in [0.5, 0.6) is 5.75 Å². The highest BCUT2D eigenvalue weighted by Crippen LogP contribution is 2.40. The van der Waals surface area contributed by atoms with Gasteiger partial charge in [-0.1, -0.05) is 41.5 Å². The van der Waals surface area contributed by atoms with Gasteiger partial charge in [-0.2, -0.15) is 4.99 Å². The molecule has 26 heavy (non-hydrogen) atoms. The number of amides is 1. The molecule has 1 aliphatic rings. The molecule has 1 aromatic rings. The minimum atomic E-state index is -0.212. The third kappa shape index (κ3) is 4.83. The van der Waals surface area contributed by atoms with Gasteiger partial charge in [0.1, 0.15) is 5.75 Å². The first-order valence-corrected chi connectivity index (χ1v) is 9.20. The van der Waals surface area contributed by atoms with Crippen molar-refractivity contribution in [3.8, 4) is 5.75 Å². The number of aromatic hydroxyl groups is 1. The number of carbonyl (C=O) groups excluding carboxylic acids is 1. The first-order chi connectivity index (χ1) is 11.3. The van der Waals surface area contributed by atoms with Crippen LogP contribution < -0.4 is 0 Å². The molecular weight excluding hydrogens is 368 g/mol. The van der Waals surface area contributed by atoms with Gasteiger partial charge in [0.25, 0.3) is 5.91 Å². The van der Waals surface area contributed by atoms with Crippen LogP contribution in [0.2, 0.25) is 0 Å². The zero-order chi connectivity index (χ0) is 19.2. The summed E-state index contributed by atoms with van der Waals surface area (Å²) in [6.07, 6.45) is 1.87. The maximum absolute atomic E-state index is 12.2. The van der Waals surface area contributed by atoms with Crippen molar-refractivity contribution >= 4 is 41.3 Å². The number of phenols is 1. The van der Waals surface area contributed by atoms with Crippen molar-refractivity contribution in [3.63, 3.8) is 0 Å². The molecule has 0 atom stereocenters. The molecule has 2 rings (SSSR count). The van der Waals surface area contributed by atoms with E-state index in [1.807, 2.05) is 37.2 Å². The van der Waals surface area contributed by atoms with E-state index in [9.17, 15) is 9.90 Å². The summed E-state index contributed by atoms with van der Waals surface area (Å²) in [5.74, 6) is 0.133. The Kier molecular flexibility index (Phi) is 6.64. The minimum absolute atomic E-state index is 0. The molecule has 0 saturated heterocycles. The molecule has 1 N–H and O–H groups in total. The molecule has 0 saturated carbocycles. The second-order valence-electron chi connectivity index (χ2n) is 8.67. The number of aliphatic imine (C=N–C) groups is 1. The van der Waals surface area contributed by atoms with Gasteiger partial charge in [0.15, 0.2) is 5.17 Å². The molecule has 6 heteroatoms. The molecule has 0 radical (unpaired) electrons. The van der Waals surface area contributed by atoms with Crippen LogP contribution >= 0.6 is 24.2 Å². The number of amidine groups is 1. The average Bonchev–Trinajstić information content (AvgIpc) is 2.79. The van der Waals surface area contributed by atoms with Gasteiger partial charge in [-0.3, -0.25) is 4.79 Å². The number of phenolic OH excluding ortho intramolecular Hbond substituents is 1. The normalized spacial score (nSPS) is 16.5. The summed E-state index contributed by atoms with van der Waals surface area (Å²) < 4.78 is 0. The third-order valence-electron chi connectivity index (χ3n) is 4.04. The molecule has 1 aliphatic heterocycles. The van der Waals surface area contributed by atoms with Crippen molar-refractivity contribution in [1.82, 2.24) is 4.90 Å². The molecule has 0 spiro atoms. The highest BCUT2D eigenvalue weighted by atomic mass is 35.5. The number of hydrogen-bond acceptors (Lipinski definition) is 4. The second kappa shape index (κ2) is 7.65. The van der Waals surface area contributed by atoms with Crippen LogP contribution in [-0.4, -0.2) is 35.2 Å². The first kappa shape index (κ1) is 22.6. The lowest BCUT2D eigenvalue weighted by atomic mass is 9.78. The quantitative estimate of drug-likeness (QED) is 0.683. The van der Waals surface area contributed by atoms with Gasteiger partial charge in [0.2, 0.25) is 0 Å². The molecule has 0 aliphatic carbocycles. The Morgan fingerprint density at radius 1 is 1.04 bits per heavy atom. The lowest BCUT2D eigenvalue weighted by Crippen LogP contribution is -2.17. The standard InChI is InChI=1S/C20H28N2O2S.ClH/c1-19(2,3)13-9-12(10-14(16(13)23)20(4,5)6)11-15-17(24)21-18(25-15)22(7)8;/h9-11,23H,1-8H3;1H. The van der Waals surface area contributed by atoms with E-state index >= 15 is 0 Å². The lowest BCUT2D eigenvalue weighted by molar-refractivity contribution is -0.113. The number of nitrogens with zero attached hydrogens (tertiary/aromatic N) is 2. The second-order valence-corrected chi connectivity index (χ2v) is 9.68. The van der Waals surface area contributed by atoms with Gasteiger partial charge in [-0.15, -0.1) is 12.4 Å². The Balaban J connectivity index is 0.00000338. The Bertz CT molecular complexity index is 734. The summed E-state index contributed by atoms with van der Waals surface area (Å²) in [4.78, 5) is 18.7. The van der Waals surface area contributed by atoms with Gasteiger partial charge in [-0.05, 0) is 46.4 Å². The maximum Gasteiger partial charge on any atom is 0.286 e. The molecule has 0 unspecified atom stereocenters. The Labute approximate surface area is 167 Å². The highest BCUT2D eigenvalue weighted by molar-refractivity contribution is 8.18. The van der Waals surface area contributed by atoms with Crippen molar-refractivity contribution in [1.29, 1.82) is 0 Å². The highest BCUT2D eigenvalue weighted by Gasteiger charge is 2.27. The SMILES string of the molecule is CN(C)C1=NC(=O)C(=Cc2cc(C(C)(C)C)c(O)c(C(C)(C)C)c2)S1.Cl. The van der Waals surface area contributed by atoms with E-state index in [2.05, 4.69) is 46.5 Å². The van der Waals surface area contributed by atoms with Gasteiger partial charge in [0.05, 0.1) is 4.91 Å². The molecule has 1 aromatic carbocycles. The van der Waals surface area contributed by atoms with E-state index < -0.39 is 0 Å². The van der Waals surface area contributed by atoms with E-state index in [0.717, 1.165) is 16.7 Å². The maximum atomic E-state index is 12.2. The molecule has 0 aromatic heterocycles. The summed E-state index contributed by atoms with van der Waals surface area (Å²) in [7, 11) is 3.75. The van der Waals surface area contributed by atoms with E-state index in [1.165, 1.54) is 11.8 Å². The van der Waals surface area contributed by atoms with Crippen LogP contribution in [0.1, 0.15) is 58.2 Å². The minimum Gasteiger partial charge on any atom is -0.507 e. The Morgan fingerprint density at radius 3 is 1.85 bits per heavy atom. The van der Waals surface area contributed by atoms with Crippen molar-refractivity contribution in [2.45, 2.75) is 52.4 Å². The fraction of sp³-hybridized carbons (Fsp3) is 0.500. The largest absolute Gasteiger partial charge is 0.507 e. The molecule has 0 fully saturated rings. The van der Waals surface area contributed by atoms with Crippen molar-refractivity contribution < 1.29 is 9.90 Å². The lowest BCUT2D eigenvalue weighted by Gasteiger charge is -2.28. The van der Waals surface area contributed by atoms with E-state index in [-0.39, 0.29) is 29.1 Å². The van der Waals surface area contributed by atoms with Crippen molar-refractivity contribution in [3.05, 3.63) is 33.7 Å². The predicted molar refractivity (Wildman–Crippen MR) is 114 cm³/mol. The third-order valence-corrected chi connectivity index (χ3v) is 5.19. The fourth-order valence-corrected chi connectivity index (χ4v) is 3.46. The summed E-state index contributed by atoms with van der Waals surface area (Å²) in [6.45, 7) is 12.5. The zero-order valence-corrected chi connectivity index (χ0v) is 18.4. The fourth-order valence-electron chi connectivity index (χ4n) is 2.62. The van der Waals surface area contributed by atoms with E-state index in [4.69, 9.17) is 0 Å². The Hall–Kier alpha value is -1.46. The number of hydrogen-bond donors (Lipinski definition) is 1. The number of rotatable bonds is 1. The van der Waals surface area contributed by atoms with Crippen LogP contribution in [-0.2, 0) is 15.6 Å². The monoisotopic (exact) mass is 396 g/mol. The van der Waals surface area contributed by atoms with Crippen molar-refractivity contribution in [2.75, 3.05) is 14.1 Å². The van der Waals surface area contributed by atoms with Crippen molar-refractivity contribution in [2.24, 2.45) is 4.99 Å². The summed E-state index contributed by atoms with van der Waals surface area (Å²) >= 11 is 1.38. The number of carbonyl (C=O) groups is 1. The molecule has 144 valence electrons. The first-order valence-electron chi connectivity index (χ1n) is 8.38. The summed E-state index contributed by atoms with van der Waals surface area (Å²) in [6, 6.07) is 3.94. The van der Waals surface area contributed by atoms with Crippen LogP contribution in [0.25, 0.3) is 6.08 Å². The van der Waals surface area contributed by atoms with Gasteiger partial charge in [-0.25, -0.2) is 0 Å². The molecule has 4 nitrogen and oxygen atoms in total. The zero-order valence-electron chi connectivity index (χ0n) is 16.8. The van der Waals surface area contributed by atoms with Gasteiger partial charge >= 0.3 is 0 Å². The van der Waals surface area contributed by atoms with Gasteiger partial charge < -0.3 is 10.0 Å². The molecule has 0 bridgehead atoms. The predicted octanol–water partition coefficient (Wildman–Crippen LogP) is 4.94. The molecule has 1 heterocycles. The van der Waals surface area contributed by atoms with Gasteiger partial charge in [0, 0.05) is 25.2 Å². The number of halogens is 1. The topological polar surface area (TPSA) is 52.9 Å². The number of thioether (sulfide) groups is 1. The summed E-state index contributed by atoms with van der Waals surface area (Å²) in [5.41, 5.74) is 2.29. The van der Waals surface area contributed by atoms with Crippen LogP contribution in [0.4, 0.5) is 0 Å². The average molecular weight is 397 g/mol. The summed E-state index contributed by atoms with van der Waals surface area (Å²) in [5, 5.41) is 11.5. The van der Waals surface area contributed by atoms with E-state index in [0.29, 0.717) is 15.8 Å². The molecular formula is C20H29ClN2O2S. The van der Waals surface area contributed by atoms with E-state index in [1.54, 1.807) is 0 Å².